The number of epoxide rings is 1. The van der Waals surface area contributed by atoms with Gasteiger partial charge in [0.25, 0.3) is 0 Å². The third-order valence-electron chi connectivity index (χ3n) is 3.98. The van der Waals surface area contributed by atoms with Gasteiger partial charge in [0.1, 0.15) is 5.60 Å². The summed E-state index contributed by atoms with van der Waals surface area (Å²) in [7, 11) is 0. The minimum Gasteiger partial charge on any atom is -0.444 e. The highest BCUT2D eigenvalue weighted by Crippen LogP contribution is 2.34. The molecule has 1 amide bonds. The van der Waals surface area contributed by atoms with Crippen molar-refractivity contribution in [2.75, 3.05) is 19.7 Å². The molecule has 2 heterocycles. The van der Waals surface area contributed by atoms with Crippen molar-refractivity contribution in [1.29, 1.82) is 0 Å². The van der Waals surface area contributed by atoms with Gasteiger partial charge in [0.05, 0.1) is 12.2 Å². The highest BCUT2D eigenvalue weighted by Gasteiger charge is 2.39. The number of carbonyl (C=O) groups excluding carboxylic acids is 1. The average molecular weight is 269 g/mol. The maximum atomic E-state index is 11.9. The third-order valence-corrected chi connectivity index (χ3v) is 3.98. The van der Waals surface area contributed by atoms with Crippen molar-refractivity contribution >= 4 is 6.09 Å². The van der Waals surface area contributed by atoms with Crippen molar-refractivity contribution in [3.63, 3.8) is 0 Å². The number of hydrogen-bond acceptors (Lipinski definition) is 3. The van der Waals surface area contributed by atoms with Crippen molar-refractivity contribution in [3.8, 4) is 0 Å². The lowest BCUT2D eigenvalue weighted by atomic mass is 9.89. The van der Waals surface area contributed by atoms with Crippen LogP contribution in [0.1, 0.15) is 53.4 Å². The molecule has 2 fully saturated rings. The van der Waals surface area contributed by atoms with Crippen LogP contribution in [0.3, 0.4) is 0 Å². The molecule has 2 aliphatic heterocycles. The molecule has 0 aromatic rings. The number of rotatable bonds is 3. The Labute approximate surface area is 116 Å². The van der Waals surface area contributed by atoms with Crippen LogP contribution in [0.25, 0.3) is 0 Å². The van der Waals surface area contributed by atoms with E-state index in [0.717, 1.165) is 44.9 Å². The fourth-order valence-corrected chi connectivity index (χ4v) is 2.51. The van der Waals surface area contributed by atoms with Crippen LogP contribution in [0.5, 0.6) is 0 Å². The predicted molar refractivity (Wildman–Crippen MR) is 74.1 cm³/mol. The maximum Gasteiger partial charge on any atom is 0.410 e. The summed E-state index contributed by atoms with van der Waals surface area (Å²) >= 11 is 0. The van der Waals surface area contributed by atoms with E-state index in [1.807, 2.05) is 25.7 Å². The van der Waals surface area contributed by atoms with Crippen LogP contribution < -0.4 is 0 Å². The van der Waals surface area contributed by atoms with Crippen molar-refractivity contribution < 1.29 is 14.3 Å². The smallest absolute Gasteiger partial charge is 0.410 e. The summed E-state index contributed by atoms with van der Waals surface area (Å²) in [6.45, 7) is 10.5. The van der Waals surface area contributed by atoms with Crippen molar-refractivity contribution in [2.45, 2.75) is 64.6 Å². The maximum absolute atomic E-state index is 11.9. The fraction of sp³-hybridized carbons (Fsp3) is 0.933. The van der Waals surface area contributed by atoms with E-state index in [1.54, 1.807) is 0 Å². The van der Waals surface area contributed by atoms with Crippen molar-refractivity contribution in [3.05, 3.63) is 0 Å². The van der Waals surface area contributed by atoms with Crippen LogP contribution in [0.2, 0.25) is 0 Å². The average Bonchev–Trinajstić information content (AvgIpc) is 3.04. The Balaban J connectivity index is 1.68. The number of hydrogen-bond donors (Lipinski definition) is 0. The zero-order valence-electron chi connectivity index (χ0n) is 12.7. The number of ether oxygens (including phenoxy) is 2. The Morgan fingerprint density at radius 2 is 1.95 bits per heavy atom. The van der Waals surface area contributed by atoms with Gasteiger partial charge >= 0.3 is 6.09 Å². The first kappa shape index (κ1) is 14.6. The Bertz CT molecular complexity index is 323. The molecule has 0 bridgehead atoms. The van der Waals surface area contributed by atoms with E-state index < -0.39 is 5.60 Å². The zero-order valence-corrected chi connectivity index (χ0v) is 12.7. The number of likely N-dealkylation sites (tertiary alicyclic amines) is 1. The standard InChI is InChI=1S/C15H27NO3/c1-14(2,3)19-13(17)16-9-6-12(7-10-16)5-8-15(4)11-18-15/h12H,5-11H2,1-4H3. The highest BCUT2D eigenvalue weighted by molar-refractivity contribution is 5.68. The second kappa shape index (κ2) is 5.31. The topological polar surface area (TPSA) is 42.1 Å². The van der Waals surface area contributed by atoms with Crippen LogP contribution in [-0.2, 0) is 9.47 Å². The molecule has 4 heteroatoms. The van der Waals surface area contributed by atoms with E-state index in [2.05, 4.69) is 6.92 Å². The van der Waals surface area contributed by atoms with Gasteiger partial charge in [-0.05, 0) is 59.3 Å². The van der Waals surface area contributed by atoms with E-state index in [0.29, 0.717) is 0 Å². The third kappa shape index (κ3) is 4.68. The normalized spacial score (nSPS) is 28.3. The lowest BCUT2D eigenvalue weighted by molar-refractivity contribution is 0.0178. The molecule has 4 nitrogen and oxygen atoms in total. The summed E-state index contributed by atoms with van der Waals surface area (Å²) in [5.74, 6) is 0.736. The fourth-order valence-electron chi connectivity index (χ4n) is 2.51. The van der Waals surface area contributed by atoms with E-state index in [-0.39, 0.29) is 11.7 Å². The second-order valence-electron chi connectivity index (χ2n) is 7.19. The minimum absolute atomic E-state index is 0.163. The molecule has 110 valence electrons. The van der Waals surface area contributed by atoms with Crippen LogP contribution in [0.4, 0.5) is 4.79 Å². The Morgan fingerprint density at radius 1 is 1.37 bits per heavy atom. The zero-order chi connectivity index (χ0) is 14.1. The lowest BCUT2D eigenvalue weighted by Gasteiger charge is -2.33. The van der Waals surface area contributed by atoms with E-state index in [9.17, 15) is 4.79 Å². The summed E-state index contributed by atoms with van der Waals surface area (Å²) in [6.07, 6.45) is 4.40. The molecule has 0 aromatic heterocycles. The van der Waals surface area contributed by atoms with Gasteiger partial charge in [-0.25, -0.2) is 4.79 Å². The number of nitrogens with zero attached hydrogens (tertiary/aromatic N) is 1. The lowest BCUT2D eigenvalue weighted by Crippen LogP contribution is -2.41. The van der Waals surface area contributed by atoms with Crippen LogP contribution >= 0.6 is 0 Å². The first-order valence-electron chi connectivity index (χ1n) is 7.39. The van der Waals surface area contributed by atoms with Crippen LogP contribution in [0, 0.1) is 5.92 Å². The molecule has 0 aliphatic carbocycles. The summed E-state index contributed by atoms with van der Waals surface area (Å²) in [4.78, 5) is 13.8. The molecular formula is C15H27NO3. The van der Waals surface area contributed by atoms with Gasteiger partial charge < -0.3 is 14.4 Å². The minimum atomic E-state index is -0.397. The predicted octanol–water partition coefficient (Wildman–Crippen LogP) is 3.20. The molecule has 0 aromatic carbocycles. The Hall–Kier alpha value is -0.770. The van der Waals surface area contributed by atoms with Crippen LogP contribution in [-0.4, -0.2) is 41.9 Å². The van der Waals surface area contributed by atoms with E-state index in [1.165, 1.54) is 6.42 Å². The monoisotopic (exact) mass is 269 g/mol. The number of carbonyl (C=O) groups is 1. The molecule has 0 N–H and O–H groups in total. The van der Waals surface area contributed by atoms with Crippen molar-refractivity contribution in [1.82, 2.24) is 4.90 Å². The summed E-state index contributed by atoms with van der Waals surface area (Å²) in [5, 5.41) is 0. The molecule has 1 atom stereocenters. The first-order chi connectivity index (χ1) is 8.77. The molecule has 2 saturated heterocycles. The molecule has 0 spiro atoms. The first-order valence-corrected chi connectivity index (χ1v) is 7.39. The van der Waals surface area contributed by atoms with Gasteiger partial charge in [-0.3, -0.25) is 0 Å². The molecule has 1 unspecified atom stereocenters. The van der Waals surface area contributed by atoms with Crippen LogP contribution in [0.15, 0.2) is 0 Å². The van der Waals surface area contributed by atoms with E-state index in [4.69, 9.17) is 9.47 Å². The number of piperidine rings is 1. The van der Waals surface area contributed by atoms with E-state index >= 15 is 0 Å². The van der Waals surface area contributed by atoms with Gasteiger partial charge in [-0.1, -0.05) is 0 Å². The quantitative estimate of drug-likeness (QED) is 0.739. The largest absolute Gasteiger partial charge is 0.444 e. The summed E-state index contributed by atoms with van der Waals surface area (Å²) in [5.41, 5.74) is -0.228. The molecule has 0 saturated carbocycles. The van der Waals surface area contributed by atoms with Gasteiger partial charge in [-0.2, -0.15) is 0 Å². The number of amides is 1. The molecular weight excluding hydrogens is 242 g/mol. The second-order valence-corrected chi connectivity index (χ2v) is 7.19. The molecule has 19 heavy (non-hydrogen) atoms. The summed E-state index contributed by atoms with van der Waals surface area (Å²) in [6, 6.07) is 0. The molecule has 2 aliphatic rings. The summed E-state index contributed by atoms with van der Waals surface area (Å²) < 4.78 is 10.8. The Kier molecular flexibility index (Phi) is 4.09. The SMILES string of the molecule is CC(C)(C)OC(=O)N1CCC(CCC2(C)CO2)CC1. The van der Waals surface area contributed by atoms with Crippen molar-refractivity contribution in [2.24, 2.45) is 5.92 Å². The van der Waals surface area contributed by atoms with Gasteiger partial charge in [-0.15, -0.1) is 0 Å². The van der Waals surface area contributed by atoms with Gasteiger partial charge in [0.2, 0.25) is 0 Å². The highest BCUT2D eigenvalue weighted by atomic mass is 16.6. The van der Waals surface area contributed by atoms with Gasteiger partial charge in [0, 0.05) is 13.1 Å². The Morgan fingerprint density at radius 3 is 2.42 bits per heavy atom. The molecule has 2 rings (SSSR count). The van der Waals surface area contributed by atoms with Gasteiger partial charge in [0.15, 0.2) is 0 Å². The molecule has 0 radical (unpaired) electrons.